The largest absolute Gasteiger partial charge is 0.480 e. The molecule has 0 amide bonds. The van der Waals surface area contributed by atoms with Crippen LogP contribution >= 0.6 is 0 Å². The zero-order valence-corrected chi connectivity index (χ0v) is 9.42. The van der Waals surface area contributed by atoms with Gasteiger partial charge in [-0.25, -0.2) is 4.98 Å². The van der Waals surface area contributed by atoms with Crippen molar-refractivity contribution in [1.82, 2.24) is 4.98 Å². The number of aryl methyl sites for hydroxylation is 1. The van der Waals surface area contributed by atoms with Crippen molar-refractivity contribution in [2.24, 2.45) is 0 Å². The number of nitrogens with zero attached hydrogens (tertiary/aromatic N) is 1. The molecule has 0 bridgehead atoms. The summed E-state index contributed by atoms with van der Waals surface area (Å²) < 4.78 is 5.15. The molecule has 2 rings (SSSR count). The van der Waals surface area contributed by atoms with Crippen molar-refractivity contribution < 1.29 is 4.74 Å². The van der Waals surface area contributed by atoms with E-state index in [0.717, 1.165) is 6.42 Å². The van der Waals surface area contributed by atoms with Gasteiger partial charge in [-0.2, -0.15) is 0 Å². The van der Waals surface area contributed by atoms with Gasteiger partial charge in [0.1, 0.15) is 0 Å². The fraction of sp³-hybridized carbons (Fsp3) is 0.583. The van der Waals surface area contributed by atoms with Crippen LogP contribution in [0.3, 0.4) is 0 Å². The summed E-state index contributed by atoms with van der Waals surface area (Å²) in [6.45, 7) is 2.25. The van der Waals surface area contributed by atoms with Gasteiger partial charge in [0.2, 0.25) is 5.88 Å². The first-order valence-corrected chi connectivity index (χ1v) is 5.55. The molecule has 0 saturated carbocycles. The normalized spacial score (nSPS) is 20.5. The Labute approximate surface area is 90.7 Å². The van der Waals surface area contributed by atoms with Gasteiger partial charge in [-0.3, -0.25) is 0 Å². The summed E-state index contributed by atoms with van der Waals surface area (Å²) in [4.78, 5) is 4.49. The van der Waals surface area contributed by atoms with Gasteiger partial charge in [-0.1, -0.05) is 13.3 Å². The molecule has 0 aromatic carbocycles. The van der Waals surface area contributed by atoms with E-state index in [0.29, 0.717) is 17.5 Å². The molecule has 3 heteroatoms. The van der Waals surface area contributed by atoms with E-state index in [1.165, 1.54) is 30.5 Å². The maximum absolute atomic E-state index is 5.88. The van der Waals surface area contributed by atoms with Crippen LogP contribution in [0, 0.1) is 0 Å². The molecule has 1 aliphatic rings. The second kappa shape index (κ2) is 4.09. The van der Waals surface area contributed by atoms with Crippen LogP contribution in [-0.4, -0.2) is 12.1 Å². The second-order valence-electron chi connectivity index (χ2n) is 4.27. The van der Waals surface area contributed by atoms with Crippen molar-refractivity contribution in [1.29, 1.82) is 0 Å². The number of pyridine rings is 1. The second-order valence-corrected chi connectivity index (χ2v) is 4.27. The first-order valence-electron chi connectivity index (χ1n) is 5.55. The number of hydrogen-bond acceptors (Lipinski definition) is 3. The Morgan fingerprint density at radius 2 is 2.27 bits per heavy atom. The molecule has 0 spiro atoms. The fourth-order valence-corrected chi connectivity index (χ4v) is 2.25. The van der Waals surface area contributed by atoms with E-state index in [1.807, 2.05) is 6.07 Å². The summed E-state index contributed by atoms with van der Waals surface area (Å²) in [6.07, 6.45) is 4.79. The highest BCUT2D eigenvalue weighted by atomic mass is 16.5. The van der Waals surface area contributed by atoms with Gasteiger partial charge in [0.15, 0.2) is 0 Å². The van der Waals surface area contributed by atoms with Crippen LogP contribution in [0.25, 0.3) is 0 Å². The van der Waals surface area contributed by atoms with Crippen LogP contribution in [0.1, 0.15) is 43.4 Å². The van der Waals surface area contributed by atoms with Crippen molar-refractivity contribution in [3.05, 3.63) is 17.3 Å². The lowest BCUT2D eigenvalue weighted by molar-refractivity contribution is 0.398. The van der Waals surface area contributed by atoms with Crippen LogP contribution in [0.5, 0.6) is 5.88 Å². The van der Waals surface area contributed by atoms with Crippen molar-refractivity contribution in [3.8, 4) is 5.88 Å². The summed E-state index contributed by atoms with van der Waals surface area (Å²) in [5, 5.41) is 0. The van der Waals surface area contributed by atoms with Gasteiger partial charge < -0.3 is 10.5 Å². The van der Waals surface area contributed by atoms with Gasteiger partial charge in [0, 0.05) is 5.69 Å². The van der Waals surface area contributed by atoms with Gasteiger partial charge in [0.25, 0.3) is 0 Å². The highest BCUT2D eigenvalue weighted by Gasteiger charge is 2.18. The summed E-state index contributed by atoms with van der Waals surface area (Å²) in [6, 6.07) is 2.04. The number of anilines is 1. The zero-order valence-electron chi connectivity index (χ0n) is 9.42. The summed E-state index contributed by atoms with van der Waals surface area (Å²) in [5.74, 6) is 1.14. The highest BCUT2D eigenvalue weighted by Crippen LogP contribution is 2.33. The molecule has 1 aromatic heterocycles. The first kappa shape index (κ1) is 10.3. The number of aromatic nitrogens is 1. The van der Waals surface area contributed by atoms with Gasteiger partial charge in [-0.05, 0) is 36.8 Å². The average Bonchev–Trinajstić information content (AvgIpc) is 2.40. The maximum atomic E-state index is 5.88. The molecule has 1 aromatic rings. The maximum Gasteiger partial charge on any atom is 0.237 e. The molecule has 82 valence electrons. The van der Waals surface area contributed by atoms with Gasteiger partial charge >= 0.3 is 0 Å². The molecule has 0 saturated heterocycles. The smallest absolute Gasteiger partial charge is 0.237 e. The first-order chi connectivity index (χ1) is 7.22. The molecule has 3 nitrogen and oxygen atoms in total. The Kier molecular flexibility index (Phi) is 2.80. The molecule has 2 N–H and O–H groups in total. The third kappa shape index (κ3) is 1.91. The minimum absolute atomic E-state index is 0.572. The predicted molar refractivity (Wildman–Crippen MR) is 61.2 cm³/mol. The summed E-state index contributed by atoms with van der Waals surface area (Å²) in [7, 11) is 1.62. The SMILES string of the molecule is COc1nc2c(cc1N)C(C)CCCC2. The molecule has 1 atom stereocenters. The van der Waals surface area contributed by atoms with Gasteiger partial charge in [-0.15, -0.1) is 0 Å². The van der Waals surface area contributed by atoms with E-state index < -0.39 is 0 Å². The molecule has 15 heavy (non-hydrogen) atoms. The monoisotopic (exact) mass is 206 g/mol. The molecular weight excluding hydrogens is 188 g/mol. The number of nitrogen functional groups attached to an aromatic ring is 1. The van der Waals surface area contributed by atoms with Crippen LogP contribution in [0.2, 0.25) is 0 Å². The molecule has 1 aliphatic carbocycles. The van der Waals surface area contributed by atoms with E-state index in [-0.39, 0.29) is 0 Å². The standard InChI is InChI=1S/C12H18N2O/c1-8-5-3-4-6-11-9(8)7-10(13)12(14-11)15-2/h7-8H,3-6,13H2,1-2H3. The Morgan fingerprint density at radius 3 is 3.00 bits per heavy atom. The molecular formula is C12H18N2O. The molecule has 0 fully saturated rings. The number of fused-ring (bicyclic) bond motifs is 1. The van der Waals surface area contributed by atoms with E-state index in [1.54, 1.807) is 7.11 Å². The van der Waals surface area contributed by atoms with Crippen LogP contribution in [-0.2, 0) is 6.42 Å². The van der Waals surface area contributed by atoms with Crippen molar-refractivity contribution in [3.63, 3.8) is 0 Å². The summed E-state index contributed by atoms with van der Waals surface area (Å²) in [5.41, 5.74) is 9.02. The third-order valence-corrected chi connectivity index (χ3v) is 3.15. The number of ether oxygens (including phenoxy) is 1. The Hall–Kier alpha value is -1.25. The van der Waals surface area contributed by atoms with E-state index >= 15 is 0 Å². The molecule has 1 unspecified atom stereocenters. The van der Waals surface area contributed by atoms with Crippen LogP contribution in [0.4, 0.5) is 5.69 Å². The van der Waals surface area contributed by atoms with E-state index in [9.17, 15) is 0 Å². The number of hydrogen-bond donors (Lipinski definition) is 1. The quantitative estimate of drug-likeness (QED) is 0.718. The molecule has 0 radical (unpaired) electrons. The molecule has 1 heterocycles. The van der Waals surface area contributed by atoms with Gasteiger partial charge in [0.05, 0.1) is 12.8 Å². The van der Waals surface area contributed by atoms with E-state index in [2.05, 4.69) is 11.9 Å². The predicted octanol–water partition coefficient (Wildman–Crippen LogP) is 2.50. The van der Waals surface area contributed by atoms with Crippen molar-refractivity contribution in [2.45, 2.75) is 38.5 Å². The average molecular weight is 206 g/mol. The minimum Gasteiger partial charge on any atom is -0.480 e. The van der Waals surface area contributed by atoms with E-state index in [4.69, 9.17) is 10.5 Å². The topological polar surface area (TPSA) is 48.1 Å². The van der Waals surface area contributed by atoms with Crippen LogP contribution in [0.15, 0.2) is 6.07 Å². The fourth-order valence-electron chi connectivity index (χ4n) is 2.25. The number of nitrogens with two attached hydrogens (primary N) is 1. The third-order valence-electron chi connectivity index (χ3n) is 3.15. The minimum atomic E-state index is 0.572. The Balaban J connectivity index is 2.46. The lowest BCUT2D eigenvalue weighted by atomic mass is 9.97. The van der Waals surface area contributed by atoms with Crippen molar-refractivity contribution >= 4 is 5.69 Å². The Bertz CT molecular complexity index is 363. The highest BCUT2D eigenvalue weighted by molar-refractivity contribution is 5.52. The number of methoxy groups -OCH3 is 1. The zero-order chi connectivity index (χ0) is 10.8. The molecule has 0 aliphatic heterocycles. The Morgan fingerprint density at radius 1 is 1.47 bits per heavy atom. The number of rotatable bonds is 1. The van der Waals surface area contributed by atoms with Crippen LogP contribution < -0.4 is 10.5 Å². The lowest BCUT2D eigenvalue weighted by Crippen LogP contribution is -2.04. The lowest BCUT2D eigenvalue weighted by Gasteiger charge is -2.14. The van der Waals surface area contributed by atoms with Crippen molar-refractivity contribution in [2.75, 3.05) is 12.8 Å². The summed E-state index contributed by atoms with van der Waals surface area (Å²) >= 11 is 0.